The van der Waals surface area contributed by atoms with Crippen LogP contribution in [0.15, 0.2) is 33.5 Å². The van der Waals surface area contributed by atoms with Crippen LogP contribution >= 0.6 is 0 Å². The molecule has 0 saturated heterocycles. The van der Waals surface area contributed by atoms with Gasteiger partial charge in [-0.1, -0.05) is 0 Å². The highest BCUT2D eigenvalue weighted by Crippen LogP contribution is 2.41. The number of rotatable bonds is 0. The Morgan fingerprint density at radius 1 is 1.21 bits per heavy atom. The predicted molar refractivity (Wildman–Crippen MR) is 68.2 cm³/mol. The second kappa shape index (κ2) is 3.82. The molecule has 1 aromatic carbocycles. The number of fused-ring (bicyclic) bond motifs is 2. The third-order valence-corrected chi connectivity index (χ3v) is 3.45. The SMILES string of the molecule is CC1(C)Oc2cc3oc(=O)ccc3cc2[C@@H](O)[C@H]1O. The van der Waals surface area contributed by atoms with E-state index < -0.39 is 23.4 Å². The summed E-state index contributed by atoms with van der Waals surface area (Å²) in [6.07, 6.45) is -2.05. The molecule has 0 bridgehead atoms. The summed E-state index contributed by atoms with van der Waals surface area (Å²) in [5, 5.41) is 20.9. The van der Waals surface area contributed by atoms with Crippen molar-refractivity contribution in [2.75, 3.05) is 0 Å². The third kappa shape index (κ3) is 1.82. The van der Waals surface area contributed by atoms with E-state index in [-0.39, 0.29) is 0 Å². The lowest BCUT2D eigenvalue weighted by molar-refractivity contribution is -0.111. The van der Waals surface area contributed by atoms with Gasteiger partial charge < -0.3 is 19.4 Å². The van der Waals surface area contributed by atoms with E-state index in [0.717, 1.165) is 0 Å². The van der Waals surface area contributed by atoms with Crippen molar-refractivity contribution in [3.8, 4) is 5.75 Å². The molecule has 1 aromatic heterocycles. The topological polar surface area (TPSA) is 79.9 Å². The van der Waals surface area contributed by atoms with Crippen molar-refractivity contribution in [3.63, 3.8) is 0 Å². The summed E-state index contributed by atoms with van der Waals surface area (Å²) in [6.45, 7) is 3.38. The quantitative estimate of drug-likeness (QED) is 0.701. The van der Waals surface area contributed by atoms with Crippen molar-refractivity contribution in [1.82, 2.24) is 0 Å². The van der Waals surface area contributed by atoms with Crippen LogP contribution in [-0.2, 0) is 0 Å². The summed E-state index contributed by atoms with van der Waals surface area (Å²) in [5.74, 6) is 0.421. The molecule has 2 heterocycles. The van der Waals surface area contributed by atoms with Gasteiger partial charge in [0.25, 0.3) is 0 Å². The highest BCUT2D eigenvalue weighted by molar-refractivity contribution is 5.79. The molecule has 0 amide bonds. The number of aliphatic hydroxyl groups is 2. The molecular formula is C14H14O5. The maximum absolute atomic E-state index is 11.2. The molecule has 0 saturated carbocycles. The van der Waals surface area contributed by atoms with Crippen molar-refractivity contribution in [2.45, 2.75) is 31.7 Å². The molecule has 0 radical (unpaired) electrons. The van der Waals surface area contributed by atoms with Crippen molar-refractivity contribution in [1.29, 1.82) is 0 Å². The minimum atomic E-state index is -1.03. The number of aliphatic hydroxyl groups excluding tert-OH is 2. The maximum atomic E-state index is 11.2. The first-order chi connectivity index (χ1) is 8.88. The fraction of sp³-hybridized carbons (Fsp3) is 0.357. The summed E-state index contributed by atoms with van der Waals surface area (Å²) in [7, 11) is 0. The number of hydrogen-bond donors (Lipinski definition) is 2. The average Bonchev–Trinajstić information content (AvgIpc) is 2.34. The van der Waals surface area contributed by atoms with Gasteiger partial charge in [0.2, 0.25) is 0 Å². The minimum Gasteiger partial charge on any atom is -0.485 e. The van der Waals surface area contributed by atoms with Gasteiger partial charge in [0, 0.05) is 23.1 Å². The van der Waals surface area contributed by atoms with Gasteiger partial charge in [-0.15, -0.1) is 0 Å². The van der Waals surface area contributed by atoms with Crippen LogP contribution in [0.3, 0.4) is 0 Å². The van der Waals surface area contributed by atoms with E-state index in [4.69, 9.17) is 9.15 Å². The van der Waals surface area contributed by atoms with Crippen LogP contribution < -0.4 is 10.4 Å². The normalized spacial score (nSPS) is 24.8. The third-order valence-electron chi connectivity index (χ3n) is 3.45. The second-order valence-electron chi connectivity index (χ2n) is 5.28. The van der Waals surface area contributed by atoms with E-state index in [0.29, 0.717) is 22.3 Å². The largest absolute Gasteiger partial charge is 0.485 e. The summed E-state index contributed by atoms with van der Waals surface area (Å²) in [5.41, 5.74) is -0.461. The molecule has 0 spiro atoms. The Hall–Kier alpha value is -1.85. The Labute approximate surface area is 109 Å². The molecule has 2 N–H and O–H groups in total. The van der Waals surface area contributed by atoms with Gasteiger partial charge in [-0.3, -0.25) is 0 Å². The van der Waals surface area contributed by atoms with Gasteiger partial charge in [-0.05, 0) is 26.0 Å². The van der Waals surface area contributed by atoms with Gasteiger partial charge in [-0.2, -0.15) is 0 Å². The lowest BCUT2D eigenvalue weighted by Gasteiger charge is -2.40. The van der Waals surface area contributed by atoms with Crippen molar-refractivity contribution in [3.05, 3.63) is 40.2 Å². The molecular weight excluding hydrogens is 248 g/mol. The molecule has 1 aliphatic heterocycles. The van der Waals surface area contributed by atoms with Crippen LogP contribution in [0.4, 0.5) is 0 Å². The first-order valence-corrected chi connectivity index (χ1v) is 6.01. The molecule has 2 aromatic rings. The van der Waals surface area contributed by atoms with Crippen LogP contribution in [-0.4, -0.2) is 21.9 Å². The average molecular weight is 262 g/mol. The van der Waals surface area contributed by atoms with Gasteiger partial charge in [0.15, 0.2) is 0 Å². The van der Waals surface area contributed by atoms with E-state index >= 15 is 0 Å². The summed E-state index contributed by atoms with van der Waals surface area (Å²) in [6, 6.07) is 6.16. The van der Waals surface area contributed by atoms with Crippen molar-refractivity contribution < 1.29 is 19.4 Å². The van der Waals surface area contributed by atoms with Crippen LogP contribution in [0.1, 0.15) is 25.5 Å². The number of ether oxygens (including phenoxy) is 1. The molecule has 0 fully saturated rings. The molecule has 0 aliphatic carbocycles. The van der Waals surface area contributed by atoms with Gasteiger partial charge in [0.1, 0.15) is 29.1 Å². The molecule has 100 valence electrons. The standard InChI is InChI=1S/C14H14O5/c1-14(2)13(17)12(16)8-5-7-3-4-11(15)18-9(7)6-10(8)19-14/h3-6,12-13,16-17H,1-2H3/t12-,13-/m1/s1. The Bertz CT molecular complexity index is 701. The van der Waals surface area contributed by atoms with E-state index in [2.05, 4.69) is 0 Å². The maximum Gasteiger partial charge on any atom is 0.336 e. The molecule has 3 rings (SSSR count). The Kier molecular flexibility index (Phi) is 2.45. The predicted octanol–water partition coefficient (Wildman–Crippen LogP) is 1.36. The number of hydrogen-bond acceptors (Lipinski definition) is 5. The monoisotopic (exact) mass is 262 g/mol. The highest BCUT2D eigenvalue weighted by Gasteiger charge is 2.42. The summed E-state index contributed by atoms with van der Waals surface area (Å²) in [4.78, 5) is 11.2. The van der Waals surface area contributed by atoms with E-state index in [1.807, 2.05) is 0 Å². The Morgan fingerprint density at radius 3 is 2.68 bits per heavy atom. The zero-order valence-corrected chi connectivity index (χ0v) is 10.6. The van der Waals surface area contributed by atoms with E-state index in [9.17, 15) is 15.0 Å². The smallest absolute Gasteiger partial charge is 0.336 e. The zero-order chi connectivity index (χ0) is 13.8. The second-order valence-corrected chi connectivity index (χ2v) is 5.28. The molecule has 5 nitrogen and oxygen atoms in total. The lowest BCUT2D eigenvalue weighted by Crippen LogP contribution is -2.48. The van der Waals surface area contributed by atoms with Crippen LogP contribution in [0.5, 0.6) is 5.75 Å². The Morgan fingerprint density at radius 2 is 1.95 bits per heavy atom. The fourth-order valence-electron chi connectivity index (χ4n) is 2.33. The molecule has 5 heteroatoms. The van der Waals surface area contributed by atoms with Crippen LogP contribution in [0.2, 0.25) is 0 Å². The van der Waals surface area contributed by atoms with Gasteiger partial charge in [-0.25, -0.2) is 4.79 Å². The first kappa shape index (κ1) is 12.2. The van der Waals surface area contributed by atoms with E-state index in [1.54, 1.807) is 32.0 Å². The van der Waals surface area contributed by atoms with Crippen LogP contribution in [0.25, 0.3) is 11.0 Å². The van der Waals surface area contributed by atoms with Gasteiger partial charge >= 0.3 is 5.63 Å². The van der Waals surface area contributed by atoms with Crippen LogP contribution in [0, 0.1) is 0 Å². The lowest BCUT2D eigenvalue weighted by atomic mass is 9.88. The first-order valence-electron chi connectivity index (χ1n) is 6.01. The Balaban J connectivity index is 2.25. The summed E-state index contributed by atoms with van der Waals surface area (Å²) < 4.78 is 10.8. The van der Waals surface area contributed by atoms with Gasteiger partial charge in [0.05, 0.1) is 0 Å². The molecule has 0 unspecified atom stereocenters. The molecule has 2 atom stereocenters. The van der Waals surface area contributed by atoms with Crippen molar-refractivity contribution in [2.24, 2.45) is 0 Å². The summed E-state index contributed by atoms with van der Waals surface area (Å²) >= 11 is 0. The fourth-order valence-corrected chi connectivity index (χ4v) is 2.33. The van der Waals surface area contributed by atoms with Crippen molar-refractivity contribution >= 4 is 11.0 Å². The molecule has 19 heavy (non-hydrogen) atoms. The van der Waals surface area contributed by atoms with E-state index in [1.165, 1.54) is 6.07 Å². The molecule has 1 aliphatic rings. The minimum absolute atomic E-state index is 0.394. The number of benzene rings is 1. The highest BCUT2D eigenvalue weighted by atomic mass is 16.5. The zero-order valence-electron chi connectivity index (χ0n) is 10.6.